The van der Waals surface area contributed by atoms with Gasteiger partial charge in [-0.25, -0.2) is 4.79 Å². The van der Waals surface area contributed by atoms with E-state index in [4.69, 9.17) is 9.84 Å². The molecular weight excluding hydrogens is 298 g/mol. The van der Waals surface area contributed by atoms with Crippen LogP contribution in [0.25, 0.3) is 0 Å². The summed E-state index contributed by atoms with van der Waals surface area (Å²) in [7, 11) is 0. The third-order valence-corrected chi connectivity index (χ3v) is 2.90. The molecule has 0 atom stereocenters. The van der Waals surface area contributed by atoms with Crippen LogP contribution in [0.3, 0.4) is 0 Å². The third kappa shape index (κ3) is 4.89. The predicted molar refractivity (Wildman–Crippen MR) is 75.2 cm³/mol. The highest BCUT2D eigenvalue weighted by Gasteiger charge is 2.07. The number of halogens is 1. The van der Waals surface area contributed by atoms with E-state index in [1.165, 1.54) is 0 Å². The summed E-state index contributed by atoms with van der Waals surface area (Å²) in [6.45, 7) is 5.56. The fourth-order valence-electron chi connectivity index (χ4n) is 1.33. The number of aromatic carboxylic acids is 1. The van der Waals surface area contributed by atoms with Gasteiger partial charge in [0.05, 0.1) is 18.8 Å². The van der Waals surface area contributed by atoms with Crippen molar-refractivity contribution in [3.05, 3.63) is 40.9 Å². The highest BCUT2D eigenvalue weighted by atomic mass is 79.9. The zero-order valence-corrected chi connectivity index (χ0v) is 11.6. The molecule has 0 radical (unpaired) electrons. The van der Waals surface area contributed by atoms with Gasteiger partial charge in [0, 0.05) is 16.7 Å². The highest BCUT2D eigenvalue weighted by molar-refractivity contribution is 9.10. The third-order valence-electron chi connectivity index (χ3n) is 2.24. The second-order valence-corrected chi connectivity index (χ2v) is 4.47. The van der Waals surface area contributed by atoms with Gasteiger partial charge < -0.3 is 15.2 Å². The van der Waals surface area contributed by atoms with Crippen LogP contribution in [0.2, 0.25) is 0 Å². The molecule has 0 bridgehead atoms. The van der Waals surface area contributed by atoms with Crippen molar-refractivity contribution in [2.24, 2.45) is 0 Å². The van der Waals surface area contributed by atoms with E-state index in [1.54, 1.807) is 18.2 Å². The summed E-state index contributed by atoms with van der Waals surface area (Å²) in [5.74, 6) is -0.943. The van der Waals surface area contributed by atoms with Crippen LogP contribution < -0.4 is 5.32 Å². The Morgan fingerprint density at radius 3 is 2.89 bits per heavy atom. The number of hydrogen-bond donors (Lipinski definition) is 2. The number of nitrogens with one attached hydrogen (secondary N) is 1. The van der Waals surface area contributed by atoms with E-state index in [-0.39, 0.29) is 5.56 Å². The van der Waals surface area contributed by atoms with Crippen LogP contribution in [0.1, 0.15) is 16.8 Å². The number of ether oxygens (including phenoxy) is 1. The topological polar surface area (TPSA) is 58.6 Å². The first kappa shape index (κ1) is 14.7. The van der Waals surface area contributed by atoms with Crippen molar-refractivity contribution in [3.63, 3.8) is 0 Å². The Balaban J connectivity index is 2.37. The summed E-state index contributed by atoms with van der Waals surface area (Å²) in [5.41, 5.74) is 1.11. The molecule has 0 aliphatic rings. The summed E-state index contributed by atoms with van der Waals surface area (Å²) in [5, 5.41) is 12.0. The van der Waals surface area contributed by atoms with E-state index < -0.39 is 5.97 Å². The summed E-state index contributed by atoms with van der Waals surface area (Å²) >= 11 is 3.23. The quantitative estimate of drug-likeness (QED) is 0.572. The van der Waals surface area contributed by atoms with Gasteiger partial charge in [-0.15, -0.1) is 6.58 Å². The Morgan fingerprint density at radius 1 is 1.50 bits per heavy atom. The molecule has 0 aromatic heterocycles. The Bertz CT molecular complexity index is 421. The smallest absolute Gasteiger partial charge is 0.336 e. The highest BCUT2D eigenvalue weighted by Crippen LogP contribution is 2.21. The zero-order chi connectivity index (χ0) is 13.4. The maximum absolute atomic E-state index is 10.8. The lowest BCUT2D eigenvalue weighted by Gasteiger charge is -2.08. The van der Waals surface area contributed by atoms with Crippen LogP contribution in [0.4, 0.5) is 5.69 Å². The van der Waals surface area contributed by atoms with E-state index in [0.717, 1.165) is 12.1 Å². The van der Waals surface area contributed by atoms with Gasteiger partial charge in [-0.05, 0) is 40.5 Å². The molecule has 0 aliphatic heterocycles. The van der Waals surface area contributed by atoms with E-state index in [2.05, 4.69) is 27.8 Å². The standard InChI is InChI=1S/C13H16BrNO3/c1-2-3-7-18-8-6-15-10-4-5-11(13(16)17)12(14)9-10/h2,4-5,9,15H,1,3,6-8H2,(H,16,17). The second kappa shape index (κ2) is 7.89. The number of benzene rings is 1. The number of anilines is 1. The molecular formula is C13H16BrNO3. The van der Waals surface area contributed by atoms with E-state index in [1.807, 2.05) is 6.08 Å². The first-order valence-electron chi connectivity index (χ1n) is 5.60. The number of carboxylic acids is 1. The summed E-state index contributed by atoms with van der Waals surface area (Å²) in [6, 6.07) is 5.04. The minimum Gasteiger partial charge on any atom is -0.478 e. The van der Waals surface area contributed by atoms with Crippen LogP contribution >= 0.6 is 15.9 Å². The lowest BCUT2D eigenvalue weighted by molar-refractivity contribution is 0.0696. The fraction of sp³-hybridized carbons (Fsp3) is 0.308. The monoisotopic (exact) mass is 313 g/mol. The van der Waals surface area contributed by atoms with E-state index >= 15 is 0 Å². The molecule has 0 spiro atoms. The van der Waals surface area contributed by atoms with Gasteiger partial charge in [-0.3, -0.25) is 0 Å². The molecule has 1 aromatic carbocycles. The molecule has 0 saturated heterocycles. The lowest BCUT2D eigenvalue weighted by atomic mass is 10.2. The SMILES string of the molecule is C=CCCOCCNc1ccc(C(=O)O)c(Br)c1. The molecule has 0 fully saturated rings. The summed E-state index contributed by atoms with van der Waals surface area (Å²) in [4.78, 5) is 10.8. The van der Waals surface area contributed by atoms with Crippen molar-refractivity contribution < 1.29 is 14.6 Å². The van der Waals surface area contributed by atoms with Gasteiger partial charge >= 0.3 is 5.97 Å². The number of hydrogen-bond acceptors (Lipinski definition) is 3. The van der Waals surface area contributed by atoms with E-state index in [9.17, 15) is 4.79 Å². The first-order valence-corrected chi connectivity index (χ1v) is 6.40. The van der Waals surface area contributed by atoms with Crippen LogP contribution in [-0.4, -0.2) is 30.8 Å². The van der Waals surface area contributed by atoms with E-state index in [0.29, 0.717) is 24.2 Å². The van der Waals surface area contributed by atoms with Gasteiger partial charge in [-0.2, -0.15) is 0 Å². The van der Waals surface area contributed by atoms with Crippen molar-refractivity contribution in [1.82, 2.24) is 0 Å². The summed E-state index contributed by atoms with van der Waals surface area (Å²) < 4.78 is 5.91. The largest absolute Gasteiger partial charge is 0.478 e. The fourth-order valence-corrected chi connectivity index (χ4v) is 1.88. The molecule has 0 saturated carbocycles. The minimum absolute atomic E-state index is 0.253. The van der Waals surface area contributed by atoms with Crippen molar-refractivity contribution in [1.29, 1.82) is 0 Å². The Hall–Kier alpha value is -1.33. The molecule has 18 heavy (non-hydrogen) atoms. The molecule has 0 heterocycles. The van der Waals surface area contributed by atoms with Gasteiger partial charge in [0.2, 0.25) is 0 Å². The molecule has 0 unspecified atom stereocenters. The first-order chi connectivity index (χ1) is 8.65. The number of carboxylic acid groups (broad SMARTS) is 1. The minimum atomic E-state index is -0.943. The number of rotatable bonds is 8. The maximum Gasteiger partial charge on any atom is 0.336 e. The van der Waals surface area contributed by atoms with Crippen LogP contribution in [0, 0.1) is 0 Å². The molecule has 0 aliphatic carbocycles. The van der Waals surface area contributed by atoms with Gasteiger partial charge in [-0.1, -0.05) is 6.08 Å². The molecule has 5 heteroatoms. The lowest BCUT2D eigenvalue weighted by Crippen LogP contribution is -2.10. The second-order valence-electron chi connectivity index (χ2n) is 3.62. The van der Waals surface area contributed by atoms with Crippen molar-refractivity contribution in [2.45, 2.75) is 6.42 Å². The molecule has 0 amide bonds. The van der Waals surface area contributed by atoms with Crippen LogP contribution in [0.15, 0.2) is 35.3 Å². The Labute approximate surface area is 115 Å². The number of carbonyl (C=O) groups is 1. The van der Waals surface area contributed by atoms with Gasteiger partial charge in [0.15, 0.2) is 0 Å². The average molecular weight is 314 g/mol. The molecule has 1 aromatic rings. The average Bonchev–Trinajstić information content (AvgIpc) is 2.33. The molecule has 98 valence electrons. The molecule has 4 nitrogen and oxygen atoms in total. The van der Waals surface area contributed by atoms with Crippen LogP contribution in [-0.2, 0) is 4.74 Å². The normalized spacial score (nSPS) is 10.1. The van der Waals surface area contributed by atoms with Crippen molar-refractivity contribution in [3.8, 4) is 0 Å². The van der Waals surface area contributed by atoms with Crippen molar-refractivity contribution >= 4 is 27.6 Å². The molecule has 1 rings (SSSR count). The van der Waals surface area contributed by atoms with Crippen LogP contribution in [0.5, 0.6) is 0 Å². The Morgan fingerprint density at radius 2 is 2.28 bits per heavy atom. The maximum atomic E-state index is 10.8. The zero-order valence-electron chi connectivity index (χ0n) is 9.99. The molecule has 2 N–H and O–H groups in total. The van der Waals surface area contributed by atoms with Gasteiger partial charge in [0.1, 0.15) is 0 Å². The summed E-state index contributed by atoms with van der Waals surface area (Å²) in [6.07, 6.45) is 2.66. The van der Waals surface area contributed by atoms with Gasteiger partial charge in [0.25, 0.3) is 0 Å². The predicted octanol–water partition coefficient (Wildman–Crippen LogP) is 3.15. The Kier molecular flexibility index (Phi) is 6.46. The van der Waals surface area contributed by atoms with Crippen molar-refractivity contribution in [2.75, 3.05) is 25.1 Å².